The van der Waals surface area contributed by atoms with Crippen molar-refractivity contribution in [2.24, 2.45) is 11.8 Å². The second kappa shape index (κ2) is 13.5. The Morgan fingerprint density at radius 3 is 2.31 bits per heavy atom. The Kier molecular flexibility index (Phi) is 12.2. The number of phenols is 1. The van der Waals surface area contributed by atoms with E-state index >= 15 is 0 Å². The lowest BCUT2D eigenvalue weighted by Crippen LogP contribution is -2.02. The van der Waals surface area contributed by atoms with Crippen molar-refractivity contribution < 1.29 is 23.0 Å². The van der Waals surface area contributed by atoms with Gasteiger partial charge < -0.3 is 9.84 Å². The molecule has 2 unspecified atom stereocenters. The molecule has 1 N–H and O–H groups in total. The molecule has 0 aliphatic rings. The second-order valence-electron chi connectivity index (χ2n) is 6.71. The van der Waals surface area contributed by atoms with Crippen molar-refractivity contribution in [2.75, 3.05) is 7.11 Å². The third-order valence-electron chi connectivity index (χ3n) is 4.20. The Bertz CT molecular complexity index is 764. The first-order valence-electron chi connectivity index (χ1n) is 9.30. The summed E-state index contributed by atoms with van der Waals surface area (Å²) in [5.74, 6) is -3.32. The first-order valence-corrected chi connectivity index (χ1v) is 9.30. The number of halogens is 3. The van der Waals surface area contributed by atoms with Gasteiger partial charge >= 0.3 is 0 Å². The Morgan fingerprint density at radius 1 is 1.17 bits per heavy atom. The summed E-state index contributed by atoms with van der Waals surface area (Å²) in [7, 11) is 1.41. The van der Waals surface area contributed by atoms with Crippen LogP contribution >= 0.6 is 0 Å². The monoisotopic (exact) mass is 408 g/mol. The van der Waals surface area contributed by atoms with Crippen molar-refractivity contribution in [3.05, 3.63) is 84.5 Å². The molecular formula is C24H31F3O2. The van der Waals surface area contributed by atoms with Crippen LogP contribution in [0.5, 0.6) is 5.75 Å². The Morgan fingerprint density at radius 2 is 1.76 bits per heavy atom. The molecule has 1 rings (SSSR count). The molecule has 0 spiro atoms. The molecule has 0 aliphatic heterocycles. The molecule has 0 amide bonds. The van der Waals surface area contributed by atoms with Gasteiger partial charge in [-0.05, 0) is 49.3 Å². The molecule has 1 aromatic rings. The van der Waals surface area contributed by atoms with Gasteiger partial charge in [0.05, 0.1) is 7.11 Å². The fraction of sp³-hybridized carbons (Fsp3) is 0.333. The predicted octanol–water partition coefficient (Wildman–Crippen LogP) is 7.50. The van der Waals surface area contributed by atoms with Crippen molar-refractivity contribution in [3.63, 3.8) is 0 Å². The van der Waals surface area contributed by atoms with Gasteiger partial charge in [0.1, 0.15) is 11.6 Å². The topological polar surface area (TPSA) is 29.5 Å². The van der Waals surface area contributed by atoms with Gasteiger partial charge in [0.2, 0.25) is 5.82 Å². The van der Waals surface area contributed by atoms with Gasteiger partial charge in [0, 0.05) is 11.6 Å². The second-order valence-corrected chi connectivity index (χ2v) is 6.71. The maximum absolute atomic E-state index is 14.0. The van der Waals surface area contributed by atoms with Crippen molar-refractivity contribution >= 4 is 6.08 Å². The van der Waals surface area contributed by atoms with Gasteiger partial charge in [0.15, 0.2) is 11.6 Å². The van der Waals surface area contributed by atoms with Gasteiger partial charge in [-0.1, -0.05) is 45.2 Å². The summed E-state index contributed by atoms with van der Waals surface area (Å²) in [6.07, 6.45) is 7.58. The van der Waals surface area contributed by atoms with Gasteiger partial charge in [-0.2, -0.15) is 4.39 Å². The highest BCUT2D eigenvalue weighted by Gasteiger charge is 2.14. The summed E-state index contributed by atoms with van der Waals surface area (Å²) < 4.78 is 45.8. The summed E-state index contributed by atoms with van der Waals surface area (Å²) in [4.78, 5) is 0. The largest absolute Gasteiger partial charge is 0.505 e. The highest BCUT2D eigenvalue weighted by atomic mass is 19.2. The van der Waals surface area contributed by atoms with E-state index in [-0.39, 0.29) is 23.2 Å². The molecule has 2 nitrogen and oxygen atoms in total. The average molecular weight is 409 g/mol. The minimum Gasteiger partial charge on any atom is -0.505 e. The standard InChI is InChI=1S/C21H25F3O2.C3H6/c1-13(7-9-17-10-11-19(25)21(24)20(17)23)6-8-14(2)16(4)18(22)12-15(3)26-5;1-3-2/h7,9-14,25H,3-4,6,8H2,1-2,5H3;3H,1H2,2H3/b9-7+,18-12+;. The molecular weight excluding hydrogens is 377 g/mol. The van der Waals surface area contributed by atoms with E-state index in [1.165, 1.54) is 25.3 Å². The Balaban J connectivity index is 0.00000245. The van der Waals surface area contributed by atoms with Crippen LogP contribution in [0.4, 0.5) is 13.2 Å². The lowest BCUT2D eigenvalue weighted by atomic mass is 9.91. The Labute approximate surface area is 172 Å². The Hall–Kier alpha value is -2.69. The third-order valence-corrected chi connectivity index (χ3v) is 4.20. The smallest absolute Gasteiger partial charge is 0.200 e. The fourth-order valence-electron chi connectivity index (χ4n) is 2.26. The van der Waals surface area contributed by atoms with Crippen LogP contribution < -0.4 is 0 Å². The van der Waals surface area contributed by atoms with Gasteiger partial charge in [-0.15, -0.1) is 6.58 Å². The zero-order valence-electron chi connectivity index (χ0n) is 17.6. The van der Waals surface area contributed by atoms with Crippen molar-refractivity contribution in [1.29, 1.82) is 0 Å². The quantitative estimate of drug-likeness (QED) is 0.260. The number of aromatic hydroxyl groups is 1. The van der Waals surface area contributed by atoms with Crippen molar-refractivity contribution in [1.82, 2.24) is 0 Å². The molecule has 5 heteroatoms. The van der Waals surface area contributed by atoms with Crippen LogP contribution in [-0.2, 0) is 4.74 Å². The fourth-order valence-corrected chi connectivity index (χ4v) is 2.26. The lowest BCUT2D eigenvalue weighted by Gasteiger charge is -2.15. The van der Waals surface area contributed by atoms with E-state index in [1.54, 1.807) is 12.2 Å². The number of hydrogen-bond donors (Lipinski definition) is 1. The van der Waals surface area contributed by atoms with Gasteiger partial charge in [0.25, 0.3) is 0 Å². The predicted molar refractivity (Wildman–Crippen MR) is 115 cm³/mol. The molecule has 0 heterocycles. The highest BCUT2D eigenvalue weighted by molar-refractivity contribution is 5.52. The zero-order chi connectivity index (χ0) is 22.6. The van der Waals surface area contributed by atoms with Crippen molar-refractivity contribution in [3.8, 4) is 5.75 Å². The van der Waals surface area contributed by atoms with Crippen LogP contribution in [0.15, 0.2) is 67.3 Å². The van der Waals surface area contributed by atoms with Crippen LogP contribution in [0.3, 0.4) is 0 Å². The molecule has 2 atom stereocenters. The number of ether oxygens (including phenoxy) is 1. The molecule has 0 aliphatic carbocycles. The molecule has 1 aromatic carbocycles. The number of allylic oxidation sites excluding steroid dienone is 5. The number of benzene rings is 1. The van der Waals surface area contributed by atoms with Crippen LogP contribution in [0, 0.1) is 23.5 Å². The third kappa shape index (κ3) is 9.37. The molecule has 160 valence electrons. The molecule has 29 heavy (non-hydrogen) atoms. The number of hydrogen-bond acceptors (Lipinski definition) is 2. The first-order chi connectivity index (χ1) is 13.6. The number of methoxy groups -OCH3 is 1. The summed E-state index contributed by atoms with van der Waals surface area (Å²) >= 11 is 0. The molecule has 0 aromatic heterocycles. The van der Waals surface area contributed by atoms with E-state index in [0.29, 0.717) is 12.0 Å². The summed E-state index contributed by atoms with van der Waals surface area (Å²) in [6, 6.07) is 2.42. The molecule has 0 saturated carbocycles. The lowest BCUT2D eigenvalue weighted by molar-refractivity contribution is 0.307. The highest BCUT2D eigenvalue weighted by Crippen LogP contribution is 2.27. The average Bonchev–Trinajstić information content (AvgIpc) is 2.69. The summed E-state index contributed by atoms with van der Waals surface area (Å²) in [5.41, 5.74) is 0.433. The van der Waals surface area contributed by atoms with Gasteiger partial charge in [-0.25, -0.2) is 8.78 Å². The van der Waals surface area contributed by atoms with Crippen molar-refractivity contribution in [2.45, 2.75) is 33.6 Å². The SMILES string of the molecule is C=C(/C=C(/F)C(=C)C(C)CCC(C)/C=C/c1ccc(O)c(F)c1F)OC.C=CC. The van der Waals surface area contributed by atoms with E-state index in [4.69, 9.17) is 9.84 Å². The first kappa shape index (κ1) is 26.3. The van der Waals surface area contributed by atoms with E-state index in [1.807, 2.05) is 20.8 Å². The maximum Gasteiger partial charge on any atom is 0.200 e. The summed E-state index contributed by atoms with van der Waals surface area (Å²) in [6.45, 7) is 16.4. The van der Waals surface area contributed by atoms with E-state index < -0.39 is 23.2 Å². The summed E-state index contributed by atoms with van der Waals surface area (Å²) in [5, 5.41) is 9.12. The minimum atomic E-state index is -1.26. The van der Waals surface area contributed by atoms with E-state index in [0.717, 1.165) is 12.5 Å². The van der Waals surface area contributed by atoms with Crippen LogP contribution in [-0.4, -0.2) is 12.2 Å². The molecule has 0 bridgehead atoms. The molecule has 0 fully saturated rings. The normalized spacial score (nSPS) is 13.3. The number of rotatable bonds is 9. The van der Waals surface area contributed by atoms with Crippen LogP contribution in [0.25, 0.3) is 6.08 Å². The van der Waals surface area contributed by atoms with E-state index in [2.05, 4.69) is 19.7 Å². The maximum atomic E-state index is 14.0. The zero-order valence-corrected chi connectivity index (χ0v) is 17.6. The van der Waals surface area contributed by atoms with Gasteiger partial charge in [-0.3, -0.25) is 0 Å². The number of phenolic OH excluding ortho intramolecular Hbond substituents is 1. The minimum absolute atomic E-state index is 0.0664. The molecule has 0 saturated heterocycles. The van der Waals surface area contributed by atoms with E-state index in [9.17, 15) is 13.2 Å². The van der Waals surface area contributed by atoms with Crippen LogP contribution in [0.1, 0.15) is 39.2 Å². The molecule has 0 radical (unpaired) electrons. The van der Waals surface area contributed by atoms with Crippen LogP contribution in [0.2, 0.25) is 0 Å².